The van der Waals surface area contributed by atoms with Crippen LogP contribution in [-0.4, -0.2) is 18.8 Å². The highest BCUT2D eigenvalue weighted by molar-refractivity contribution is 9.11. The van der Waals surface area contributed by atoms with Crippen LogP contribution in [0.5, 0.6) is 0 Å². The predicted octanol–water partition coefficient (Wildman–Crippen LogP) is 4.83. The highest BCUT2D eigenvalue weighted by Crippen LogP contribution is 2.29. The lowest BCUT2D eigenvalue weighted by Gasteiger charge is -2.33. The molecule has 0 bridgehead atoms. The highest BCUT2D eigenvalue weighted by Gasteiger charge is 2.25. The van der Waals surface area contributed by atoms with Gasteiger partial charge in [-0.25, -0.2) is 0 Å². The Balaban J connectivity index is 2.02. The average Bonchev–Trinajstić information content (AvgIpc) is 2.34. The fraction of sp³-hybridized carbons (Fsp3) is 0.571. The first-order chi connectivity index (χ1) is 8.56. The number of nitrogens with one attached hydrogen (secondary N) is 1. The van der Waals surface area contributed by atoms with E-state index < -0.39 is 0 Å². The molecule has 1 aromatic rings. The molecule has 1 aromatic carbocycles. The number of hydrogen-bond acceptors (Lipinski definition) is 2. The van der Waals surface area contributed by atoms with Gasteiger partial charge in [-0.1, -0.05) is 29.8 Å². The summed E-state index contributed by atoms with van der Waals surface area (Å²) in [4.78, 5) is 0. The third-order valence-electron chi connectivity index (χ3n) is 3.35. The molecule has 0 saturated carbocycles. The lowest BCUT2D eigenvalue weighted by atomic mass is 9.95. The van der Waals surface area contributed by atoms with Gasteiger partial charge in [0.15, 0.2) is 0 Å². The van der Waals surface area contributed by atoms with E-state index in [0.29, 0.717) is 18.1 Å². The molecule has 4 heteroatoms. The summed E-state index contributed by atoms with van der Waals surface area (Å²) in [5.41, 5.74) is 1.15. The van der Waals surface area contributed by atoms with Crippen molar-refractivity contribution >= 4 is 37.5 Å². The molecule has 1 N–H and O–H groups in total. The topological polar surface area (TPSA) is 21.3 Å². The Labute approximate surface area is 126 Å². The second kappa shape index (κ2) is 6.40. The first kappa shape index (κ1) is 14.4. The van der Waals surface area contributed by atoms with E-state index in [4.69, 9.17) is 4.74 Å². The van der Waals surface area contributed by atoms with E-state index in [1.165, 1.54) is 0 Å². The number of halogens is 2. The maximum atomic E-state index is 5.80. The molecule has 2 unspecified atom stereocenters. The predicted molar refractivity (Wildman–Crippen MR) is 83.1 cm³/mol. The van der Waals surface area contributed by atoms with Crippen molar-refractivity contribution in [3.05, 3.63) is 27.1 Å². The molecule has 0 radical (unpaired) electrons. The first-order valence-corrected chi connectivity index (χ1v) is 7.98. The third-order valence-corrected chi connectivity index (χ3v) is 4.53. The van der Waals surface area contributed by atoms with Crippen LogP contribution in [0.25, 0.3) is 0 Å². The van der Waals surface area contributed by atoms with Crippen molar-refractivity contribution in [3.8, 4) is 0 Å². The lowest BCUT2D eigenvalue weighted by Crippen LogP contribution is -2.36. The quantitative estimate of drug-likeness (QED) is 0.815. The van der Waals surface area contributed by atoms with E-state index in [1.54, 1.807) is 0 Å². The van der Waals surface area contributed by atoms with Gasteiger partial charge in [-0.05, 0) is 52.9 Å². The number of rotatable bonds is 3. The molecule has 18 heavy (non-hydrogen) atoms. The number of anilines is 1. The molecule has 1 heterocycles. The summed E-state index contributed by atoms with van der Waals surface area (Å²) in [6, 6.07) is 6.71. The molecule has 0 spiro atoms. The van der Waals surface area contributed by atoms with Crippen LogP contribution in [0.4, 0.5) is 5.69 Å². The molecule has 1 fully saturated rings. The van der Waals surface area contributed by atoms with Gasteiger partial charge in [0.1, 0.15) is 0 Å². The standard InChI is InChI=1S/C14H19Br2NO/c1-9(2)14-8-11(5-6-18-14)17-13-7-10(15)3-4-12(13)16/h3-4,7,9,11,14,17H,5-6,8H2,1-2H3. The fourth-order valence-electron chi connectivity index (χ4n) is 2.25. The Bertz CT molecular complexity index is 409. The summed E-state index contributed by atoms with van der Waals surface area (Å²) >= 11 is 7.10. The molecule has 2 rings (SSSR count). The second-order valence-electron chi connectivity index (χ2n) is 5.14. The van der Waals surface area contributed by atoms with Crippen molar-refractivity contribution < 1.29 is 4.74 Å². The highest BCUT2D eigenvalue weighted by atomic mass is 79.9. The zero-order chi connectivity index (χ0) is 13.1. The van der Waals surface area contributed by atoms with E-state index in [0.717, 1.165) is 34.1 Å². The summed E-state index contributed by atoms with van der Waals surface area (Å²) in [5, 5.41) is 3.62. The maximum Gasteiger partial charge on any atom is 0.0617 e. The van der Waals surface area contributed by atoms with Gasteiger partial charge < -0.3 is 10.1 Å². The molecule has 1 aliphatic heterocycles. The van der Waals surface area contributed by atoms with Gasteiger partial charge in [-0.3, -0.25) is 0 Å². The monoisotopic (exact) mass is 375 g/mol. The zero-order valence-electron chi connectivity index (χ0n) is 10.7. The molecule has 1 saturated heterocycles. The molecule has 2 nitrogen and oxygen atoms in total. The van der Waals surface area contributed by atoms with Gasteiger partial charge in [-0.2, -0.15) is 0 Å². The third kappa shape index (κ3) is 3.72. The Morgan fingerprint density at radius 1 is 1.33 bits per heavy atom. The van der Waals surface area contributed by atoms with Crippen LogP contribution < -0.4 is 5.32 Å². The minimum atomic E-state index is 0.377. The van der Waals surface area contributed by atoms with Gasteiger partial charge in [0.05, 0.1) is 6.10 Å². The van der Waals surface area contributed by atoms with Crippen LogP contribution in [0.3, 0.4) is 0 Å². The molecule has 0 aliphatic carbocycles. The first-order valence-electron chi connectivity index (χ1n) is 6.39. The van der Waals surface area contributed by atoms with Crippen LogP contribution in [0.2, 0.25) is 0 Å². The van der Waals surface area contributed by atoms with Crippen molar-refractivity contribution in [1.29, 1.82) is 0 Å². The van der Waals surface area contributed by atoms with Crippen LogP contribution >= 0.6 is 31.9 Å². The van der Waals surface area contributed by atoms with Crippen LogP contribution in [-0.2, 0) is 4.74 Å². The second-order valence-corrected chi connectivity index (χ2v) is 6.91. The van der Waals surface area contributed by atoms with Gasteiger partial charge in [0.2, 0.25) is 0 Å². The summed E-state index contributed by atoms with van der Waals surface area (Å²) in [6.45, 7) is 5.30. The fourth-order valence-corrected chi connectivity index (χ4v) is 2.97. The van der Waals surface area contributed by atoms with Crippen molar-refractivity contribution in [2.45, 2.75) is 38.8 Å². The van der Waals surface area contributed by atoms with Gasteiger partial charge in [0, 0.05) is 27.3 Å². The Kier molecular flexibility index (Phi) is 5.10. The molecule has 0 amide bonds. The Morgan fingerprint density at radius 2 is 2.11 bits per heavy atom. The molecule has 1 aliphatic rings. The van der Waals surface area contributed by atoms with Crippen molar-refractivity contribution in [1.82, 2.24) is 0 Å². The normalized spacial score (nSPS) is 24.3. The number of benzene rings is 1. The van der Waals surface area contributed by atoms with Gasteiger partial charge >= 0.3 is 0 Å². The molecule has 100 valence electrons. The summed E-state index contributed by atoms with van der Waals surface area (Å²) in [5.74, 6) is 0.584. The number of hydrogen-bond donors (Lipinski definition) is 1. The van der Waals surface area contributed by atoms with Gasteiger partial charge in [0.25, 0.3) is 0 Å². The minimum absolute atomic E-state index is 0.377. The summed E-state index contributed by atoms with van der Waals surface area (Å²) in [7, 11) is 0. The SMILES string of the molecule is CC(C)C1CC(Nc2cc(Br)ccc2Br)CCO1. The lowest BCUT2D eigenvalue weighted by molar-refractivity contribution is -0.0160. The largest absolute Gasteiger partial charge is 0.381 e. The summed E-state index contributed by atoms with van der Waals surface area (Å²) < 4.78 is 8.01. The van der Waals surface area contributed by atoms with E-state index >= 15 is 0 Å². The molecular weight excluding hydrogens is 358 g/mol. The Morgan fingerprint density at radius 3 is 2.83 bits per heavy atom. The smallest absolute Gasteiger partial charge is 0.0617 e. The van der Waals surface area contributed by atoms with E-state index in [1.807, 2.05) is 6.07 Å². The van der Waals surface area contributed by atoms with Crippen LogP contribution in [0.15, 0.2) is 27.1 Å². The van der Waals surface area contributed by atoms with Crippen molar-refractivity contribution in [2.24, 2.45) is 5.92 Å². The van der Waals surface area contributed by atoms with E-state index in [2.05, 4.69) is 63.2 Å². The van der Waals surface area contributed by atoms with Crippen LogP contribution in [0.1, 0.15) is 26.7 Å². The molecule has 0 aromatic heterocycles. The van der Waals surface area contributed by atoms with Gasteiger partial charge in [-0.15, -0.1) is 0 Å². The van der Waals surface area contributed by atoms with Crippen molar-refractivity contribution in [3.63, 3.8) is 0 Å². The van der Waals surface area contributed by atoms with Crippen LogP contribution in [0, 0.1) is 5.92 Å². The van der Waals surface area contributed by atoms with E-state index in [9.17, 15) is 0 Å². The maximum absolute atomic E-state index is 5.80. The molecular formula is C14H19Br2NO. The average molecular weight is 377 g/mol. The molecule has 2 atom stereocenters. The number of ether oxygens (including phenoxy) is 1. The van der Waals surface area contributed by atoms with E-state index in [-0.39, 0.29) is 0 Å². The van der Waals surface area contributed by atoms with Crippen molar-refractivity contribution in [2.75, 3.05) is 11.9 Å². The Hall–Kier alpha value is -0.0600. The zero-order valence-corrected chi connectivity index (χ0v) is 13.9. The minimum Gasteiger partial charge on any atom is -0.381 e. The summed E-state index contributed by atoms with van der Waals surface area (Å²) in [6.07, 6.45) is 2.53.